The lowest BCUT2D eigenvalue weighted by Crippen LogP contribution is -2.50. The highest BCUT2D eigenvalue weighted by molar-refractivity contribution is 5.44. The first-order valence-corrected chi connectivity index (χ1v) is 14.4. The highest BCUT2D eigenvalue weighted by Gasteiger charge is 2.25. The third-order valence-electron chi connectivity index (χ3n) is 6.66. The lowest BCUT2D eigenvalue weighted by atomic mass is 10.1. The van der Waals surface area contributed by atoms with Crippen molar-refractivity contribution in [2.75, 3.05) is 26.2 Å². The van der Waals surface area contributed by atoms with Crippen LogP contribution in [0.2, 0.25) is 0 Å². The molecule has 0 amide bonds. The summed E-state index contributed by atoms with van der Waals surface area (Å²) < 4.78 is 1.45. The molecule has 0 atom stereocenters. The second kappa shape index (κ2) is 27.7. The van der Waals surface area contributed by atoms with Gasteiger partial charge in [-0.25, -0.2) is 0 Å². The van der Waals surface area contributed by atoms with E-state index < -0.39 is 0 Å². The molecule has 0 saturated heterocycles. The van der Waals surface area contributed by atoms with Crippen LogP contribution in [0.4, 0.5) is 0 Å². The van der Waals surface area contributed by atoms with Crippen LogP contribution in [0.1, 0.15) is 157 Å². The van der Waals surface area contributed by atoms with Gasteiger partial charge in [0.1, 0.15) is 6.29 Å². The summed E-state index contributed by atoms with van der Waals surface area (Å²) >= 11 is 0. The number of hydrogen-bond donors (Lipinski definition) is 0. The van der Waals surface area contributed by atoms with E-state index >= 15 is 0 Å². The van der Waals surface area contributed by atoms with Gasteiger partial charge in [-0.2, -0.15) is 0 Å². The Bertz CT molecular complexity index is 288. The van der Waals surface area contributed by atoms with Crippen LogP contribution >= 0.6 is 0 Å². The van der Waals surface area contributed by atoms with Crippen LogP contribution in [-0.2, 0) is 4.79 Å². The van der Waals surface area contributed by atoms with E-state index in [4.69, 9.17) is 4.79 Å². The van der Waals surface area contributed by atoms with Gasteiger partial charge >= 0.3 is 0 Å². The van der Waals surface area contributed by atoms with Crippen molar-refractivity contribution in [1.82, 2.24) is 0 Å². The number of hydrogen-bond acceptors (Lipinski definition) is 1. The average molecular weight is 441 g/mol. The Morgan fingerprint density at radius 3 is 0.935 bits per heavy atom. The van der Waals surface area contributed by atoms with Crippen molar-refractivity contribution in [2.24, 2.45) is 0 Å². The fourth-order valence-corrected chi connectivity index (χ4v) is 4.83. The van der Waals surface area contributed by atoms with Crippen LogP contribution in [0.5, 0.6) is 0 Å². The fraction of sp³-hybridized carbons (Fsp3) is 0.966. The highest BCUT2D eigenvalue weighted by Crippen LogP contribution is 2.19. The van der Waals surface area contributed by atoms with Gasteiger partial charge in [-0.3, -0.25) is 0 Å². The van der Waals surface area contributed by atoms with Crippen LogP contribution in [0, 0.1) is 0 Å². The van der Waals surface area contributed by atoms with Gasteiger partial charge in [-0.15, -0.1) is 0 Å². The number of quaternary nitrogens is 1. The Morgan fingerprint density at radius 2 is 0.677 bits per heavy atom. The number of rotatable bonds is 23. The molecule has 0 spiro atoms. The predicted octanol–water partition coefficient (Wildman–Crippen LogP) is 9.50. The average Bonchev–Trinajstić information content (AvgIpc) is 2.76. The molecule has 0 bridgehead atoms. The normalized spacial score (nSPS) is 11.3. The molecule has 0 aromatic heterocycles. The van der Waals surface area contributed by atoms with Crippen molar-refractivity contribution in [2.45, 2.75) is 157 Å². The Morgan fingerprint density at radius 1 is 0.419 bits per heavy atom. The third kappa shape index (κ3) is 24.1. The Balaban J connectivity index is 0. The molecule has 0 saturated carbocycles. The van der Waals surface area contributed by atoms with Crippen LogP contribution in [-0.4, -0.2) is 36.9 Å². The van der Waals surface area contributed by atoms with Gasteiger partial charge in [0.15, 0.2) is 0 Å². The van der Waals surface area contributed by atoms with E-state index in [0.29, 0.717) is 0 Å². The van der Waals surface area contributed by atoms with Crippen molar-refractivity contribution in [3.05, 3.63) is 0 Å². The molecule has 0 heterocycles. The summed E-state index contributed by atoms with van der Waals surface area (Å²) in [5, 5.41) is 0. The molecule has 2 nitrogen and oxygen atoms in total. The molecule has 0 aliphatic rings. The summed E-state index contributed by atoms with van der Waals surface area (Å²) in [6, 6.07) is 0. The van der Waals surface area contributed by atoms with Gasteiger partial charge in [0.05, 0.1) is 26.2 Å². The second-order valence-corrected chi connectivity index (χ2v) is 9.78. The summed E-state index contributed by atoms with van der Waals surface area (Å²) in [5.41, 5.74) is 0. The van der Waals surface area contributed by atoms with Gasteiger partial charge in [-0.05, 0) is 51.9 Å². The van der Waals surface area contributed by atoms with E-state index in [1.165, 1.54) is 160 Å². The van der Waals surface area contributed by atoms with Crippen molar-refractivity contribution in [3.63, 3.8) is 0 Å². The molecule has 0 N–H and O–H groups in total. The van der Waals surface area contributed by atoms with Gasteiger partial charge in [0.25, 0.3) is 0 Å². The fourth-order valence-electron chi connectivity index (χ4n) is 4.83. The van der Waals surface area contributed by atoms with Crippen LogP contribution in [0.3, 0.4) is 0 Å². The maximum atomic E-state index is 8.81. The quantitative estimate of drug-likeness (QED) is 0.0878. The van der Waals surface area contributed by atoms with Crippen LogP contribution in [0.15, 0.2) is 0 Å². The maximum absolute atomic E-state index is 8.81. The smallest absolute Gasteiger partial charge is 0.116 e. The van der Waals surface area contributed by atoms with E-state index in [9.17, 15) is 0 Å². The summed E-state index contributed by atoms with van der Waals surface area (Å²) in [4.78, 5) is 8.81. The zero-order valence-corrected chi connectivity index (χ0v) is 22.7. The Kier molecular flexibility index (Phi) is 29.3. The molecular formula is C29H62NO+. The minimum absolute atomic E-state index is 0.750. The maximum Gasteiger partial charge on any atom is 0.116 e. The zero-order chi connectivity index (χ0) is 23.5. The molecular weight excluding hydrogens is 378 g/mol. The summed E-state index contributed by atoms with van der Waals surface area (Å²) in [6.45, 7) is 16.6. The first-order valence-electron chi connectivity index (χ1n) is 14.4. The lowest BCUT2D eigenvalue weighted by Gasteiger charge is -2.39. The molecule has 0 aromatic carbocycles. The molecule has 31 heavy (non-hydrogen) atoms. The predicted molar refractivity (Wildman–Crippen MR) is 142 cm³/mol. The van der Waals surface area contributed by atoms with Crippen molar-refractivity contribution in [3.8, 4) is 0 Å². The van der Waals surface area contributed by atoms with Gasteiger partial charge < -0.3 is 9.28 Å². The van der Waals surface area contributed by atoms with E-state index in [0.717, 1.165) is 6.29 Å². The first-order chi connectivity index (χ1) is 15.2. The van der Waals surface area contributed by atoms with Crippen molar-refractivity contribution >= 4 is 6.29 Å². The SMILES string of the molecule is CC=O.CCCCCCCC[N+](CCC)(CCCCCCCC)CCCCCCCC. The van der Waals surface area contributed by atoms with Gasteiger partial charge in [0, 0.05) is 0 Å². The summed E-state index contributed by atoms with van der Waals surface area (Å²) in [6.07, 6.45) is 28.1. The molecule has 2 heteroatoms. The zero-order valence-electron chi connectivity index (χ0n) is 22.7. The standard InChI is InChI=1S/C27H58N.C2H4O/c1-5-9-12-15-18-21-25-28(24-8-4,26-22-19-16-13-10-6-2)27-23-20-17-14-11-7-3;1-2-3/h5-27H2,1-4H3;2H,1H3/q+1;. The minimum atomic E-state index is 0.750. The Hall–Kier alpha value is -0.370. The molecule has 0 aliphatic heterocycles. The monoisotopic (exact) mass is 440 g/mol. The number of carbonyl (C=O) groups excluding carboxylic acids is 1. The van der Waals surface area contributed by atoms with E-state index in [-0.39, 0.29) is 0 Å². The molecule has 0 fully saturated rings. The van der Waals surface area contributed by atoms with E-state index in [2.05, 4.69) is 27.7 Å². The van der Waals surface area contributed by atoms with E-state index in [1.807, 2.05) is 0 Å². The number of unbranched alkanes of at least 4 members (excludes halogenated alkanes) is 15. The first kappa shape index (κ1) is 32.8. The largest absolute Gasteiger partial charge is 0.324 e. The summed E-state index contributed by atoms with van der Waals surface area (Å²) in [7, 11) is 0. The van der Waals surface area contributed by atoms with Crippen molar-refractivity contribution in [1.29, 1.82) is 0 Å². The molecule has 0 rings (SSSR count). The van der Waals surface area contributed by atoms with Crippen LogP contribution in [0.25, 0.3) is 0 Å². The third-order valence-corrected chi connectivity index (χ3v) is 6.66. The van der Waals surface area contributed by atoms with Gasteiger partial charge in [0.2, 0.25) is 0 Å². The number of aldehydes is 1. The minimum Gasteiger partial charge on any atom is -0.324 e. The number of carbonyl (C=O) groups is 1. The van der Waals surface area contributed by atoms with Gasteiger partial charge in [-0.1, -0.05) is 105 Å². The molecule has 0 radical (unpaired) electrons. The molecule has 0 aromatic rings. The highest BCUT2D eigenvalue weighted by atomic mass is 16.1. The second-order valence-electron chi connectivity index (χ2n) is 9.78. The molecule has 188 valence electrons. The van der Waals surface area contributed by atoms with E-state index in [1.54, 1.807) is 0 Å². The number of nitrogens with zero attached hydrogens (tertiary/aromatic N) is 1. The van der Waals surface area contributed by atoms with Crippen molar-refractivity contribution < 1.29 is 9.28 Å². The summed E-state index contributed by atoms with van der Waals surface area (Å²) in [5.74, 6) is 0. The Labute approximate surface area is 198 Å². The topological polar surface area (TPSA) is 17.1 Å². The molecule has 0 unspecified atom stereocenters. The lowest BCUT2D eigenvalue weighted by molar-refractivity contribution is -0.929. The van der Waals surface area contributed by atoms with Crippen LogP contribution < -0.4 is 0 Å². The molecule has 0 aliphatic carbocycles.